The third-order valence-corrected chi connectivity index (χ3v) is 1.97. The van der Waals surface area contributed by atoms with E-state index in [4.69, 9.17) is 4.74 Å². The lowest BCUT2D eigenvalue weighted by molar-refractivity contribution is 0.340. The number of aromatic nitrogens is 2. The Balaban J connectivity index is 2.22. The largest absolute Gasteiger partial charge is 0.494 e. The second kappa shape index (κ2) is 3.96. The Bertz CT molecular complexity index is 378. The molecule has 72 valence electrons. The zero-order valence-electron chi connectivity index (χ0n) is 8.03. The molecule has 0 amide bonds. The summed E-state index contributed by atoms with van der Waals surface area (Å²) in [7, 11) is 0. The van der Waals surface area contributed by atoms with Crippen LogP contribution in [0.1, 0.15) is 6.92 Å². The van der Waals surface area contributed by atoms with Crippen molar-refractivity contribution in [3.8, 4) is 17.0 Å². The number of hydrogen-bond donors (Lipinski definition) is 1. The van der Waals surface area contributed by atoms with Crippen LogP contribution >= 0.6 is 0 Å². The van der Waals surface area contributed by atoms with Crippen LogP contribution in [0.25, 0.3) is 11.3 Å². The molecule has 0 atom stereocenters. The highest BCUT2D eigenvalue weighted by Crippen LogP contribution is 2.19. The topological polar surface area (TPSA) is 37.9 Å². The first-order chi connectivity index (χ1) is 6.90. The van der Waals surface area contributed by atoms with Crippen LogP contribution in [0.15, 0.2) is 36.8 Å². The zero-order valence-corrected chi connectivity index (χ0v) is 8.03. The fraction of sp³-hybridized carbons (Fsp3) is 0.182. The van der Waals surface area contributed by atoms with Gasteiger partial charge in [0.2, 0.25) is 0 Å². The highest BCUT2D eigenvalue weighted by Gasteiger charge is 1.98. The summed E-state index contributed by atoms with van der Waals surface area (Å²) in [6.07, 6.45) is 3.47. The van der Waals surface area contributed by atoms with Crippen LogP contribution in [0.2, 0.25) is 0 Å². The average molecular weight is 188 g/mol. The number of hydrogen-bond acceptors (Lipinski definition) is 2. The quantitative estimate of drug-likeness (QED) is 0.803. The Kier molecular flexibility index (Phi) is 2.49. The molecule has 0 radical (unpaired) electrons. The molecule has 0 spiro atoms. The maximum atomic E-state index is 5.35. The van der Waals surface area contributed by atoms with Crippen LogP contribution in [0.5, 0.6) is 5.75 Å². The van der Waals surface area contributed by atoms with Crippen molar-refractivity contribution in [1.82, 2.24) is 9.97 Å². The number of imidazole rings is 1. The van der Waals surface area contributed by atoms with E-state index in [1.807, 2.05) is 31.2 Å². The third kappa shape index (κ3) is 1.76. The van der Waals surface area contributed by atoms with Crippen molar-refractivity contribution in [2.45, 2.75) is 6.92 Å². The fourth-order valence-electron chi connectivity index (χ4n) is 1.31. The first kappa shape index (κ1) is 8.81. The minimum Gasteiger partial charge on any atom is -0.494 e. The van der Waals surface area contributed by atoms with E-state index in [9.17, 15) is 0 Å². The summed E-state index contributed by atoms with van der Waals surface area (Å²) in [4.78, 5) is 7.02. The lowest BCUT2D eigenvalue weighted by Crippen LogP contribution is -1.90. The lowest BCUT2D eigenvalue weighted by Gasteiger charge is -2.03. The van der Waals surface area contributed by atoms with E-state index in [-0.39, 0.29) is 0 Å². The number of aromatic amines is 1. The van der Waals surface area contributed by atoms with Gasteiger partial charge < -0.3 is 9.72 Å². The predicted octanol–water partition coefficient (Wildman–Crippen LogP) is 2.48. The molecular formula is C11H12N2O. The summed E-state index contributed by atoms with van der Waals surface area (Å²) in [5.74, 6) is 0.899. The van der Waals surface area contributed by atoms with Gasteiger partial charge in [0.15, 0.2) is 0 Å². The first-order valence-corrected chi connectivity index (χ1v) is 4.62. The second-order valence-corrected chi connectivity index (χ2v) is 2.92. The van der Waals surface area contributed by atoms with E-state index in [1.165, 1.54) is 0 Å². The van der Waals surface area contributed by atoms with Gasteiger partial charge in [0.25, 0.3) is 0 Å². The maximum Gasteiger partial charge on any atom is 0.119 e. The van der Waals surface area contributed by atoms with Gasteiger partial charge in [-0.15, -0.1) is 0 Å². The number of nitrogens with one attached hydrogen (secondary N) is 1. The molecule has 0 bridgehead atoms. The Hall–Kier alpha value is -1.77. The van der Waals surface area contributed by atoms with Crippen LogP contribution in [-0.4, -0.2) is 16.6 Å². The highest BCUT2D eigenvalue weighted by atomic mass is 16.5. The van der Waals surface area contributed by atoms with Crippen molar-refractivity contribution in [3.63, 3.8) is 0 Å². The molecule has 0 fully saturated rings. The standard InChI is InChI=1S/C11H12N2O/c1-2-14-10-5-3-9(4-6-10)11-7-12-8-13-11/h3-8H,2H2,1H3,(H,12,13). The van der Waals surface area contributed by atoms with Crippen LogP contribution < -0.4 is 4.74 Å². The first-order valence-electron chi connectivity index (χ1n) is 4.62. The molecule has 3 nitrogen and oxygen atoms in total. The van der Waals surface area contributed by atoms with Crippen LogP contribution in [-0.2, 0) is 0 Å². The number of ether oxygens (including phenoxy) is 1. The molecule has 0 saturated heterocycles. The van der Waals surface area contributed by atoms with Gasteiger partial charge in [-0.3, -0.25) is 0 Å². The molecular weight excluding hydrogens is 176 g/mol. The second-order valence-electron chi connectivity index (χ2n) is 2.92. The molecule has 1 N–H and O–H groups in total. The van der Waals surface area contributed by atoms with E-state index in [1.54, 1.807) is 12.5 Å². The fourth-order valence-corrected chi connectivity index (χ4v) is 1.31. The summed E-state index contributed by atoms with van der Waals surface area (Å²) in [6, 6.07) is 7.94. The van der Waals surface area contributed by atoms with Gasteiger partial charge in [0.05, 0.1) is 24.8 Å². The molecule has 1 aromatic heterocycles. The Morgan fingerprint density at radius 1 is 1.29 bits per heavy atom. The summed E-state index contributed by atoms with van der Waals surface area (Å²) in [5, 5.41) is 0. The van der Waals surface area contributed by atoms with E-state index in [0.717, 1.165) is 17.0 Å². The maximum absolute atomic E-state index is 5.35. The molecule has 0 aliphatic rings. The highest BCUT2D eigenvalue weighted by molar-refractivity contribution is 5.58. The Labute approximate surface area is 82.8 Å². The molecule has 0 aliphatic heterocycles. The Morgan fingerprint density at radius 3 is 2.64 bits per heavy atom. The van der Waals surface area contributed by atoms with E-state index < -0.39 is 0 Å². The van der Waals surface area contributed by atoms with E-state index in [0.29, 0.717) is 6.61 Å². The number of benzene rings is 1. The monoisotopic (exact) mass is 188 g/mol. The smallest absolute Gasteiger partial charge is 0.119 e. The van der Waals surface area contributed by atoms with Crippen molar-refractivity contribution in [2.75, 3.05) is 6.61 Å². The van der Waals surface area contributed by atoms with Gasteiger partial charge >= 0.3 is 0 Å². The zero-order chi connectivity index (χ0) is 9.80. The average Bonchev–Trinajstić information content (AvgIpc) is 2.72. The van der Waals surface area contributed by atoms with Crippen molar-refractivity contribution >= 4 is 0 Å². The molecule has 1 heterocycles. The van der Waals surface area contributed by atoms with E-state index >= 15 is 0 Å². The molecule has 14 heavy (non-hydrogen) atoms. The van der Waals surface area contributed by atoms with Crippen molar-refractivity contribution in [3.05, 3.63) is 36.8 Å². The molecule has 1 aromatic carbocycles. The minimum absolute atomic E-state index is 0.698. The van der Waals surface area contributed by atoms with Crippen LogP contribution in [0.4, 0.5) is 0 Å². The van der Waals surface area contributed by atoms with E-state index in [2.05, 4.69) is 9.97 Å². The summed E-state index contributed by atoms with van der Waals surface area (Å²) < 4.78 is 5.35. The molecule has 0 saturated carbocycles. The lowest BCUT2D eigenvalue weighted by atomic mass is 10.2. The number of rotatable bonds is 3. The molecule has 0 unspecified atom stereocenters. The van der Waals surface area contributed by atoms with Crippen molar-refractivity contribution < 1.29 is 4.74 Å². The van der Waals surface area contributed by atoms with Gasteiger partial charge in [-0.05, 0) is 36.8 Å². The predicted molar refractivity (Wildman–Crippen MR) is 55.2 cm³/mol. The van der Waals surface area contributed by atoms with Gasteiger partial charge in [-0.1, -0.05) is 0 Å². The number of H-pyrrole nitrogens is 1. The van der Waals surface area contributed by atoms with Crippen LogP contribution in [0.3, 0.4) is 0 Å². The minimum atomic E-state index is 0.698. The summed E-state index contributed by atoms with van der Waals surface area (Å²) >= 11 is 0. The number of nitrogens with zero attached hydrogens (tertiary/aromatic N) is 1. The van der Waals surface area contributed by atoms with Crippen molar-refractivity contribution in [1.29, 1.82) is 0 Å². The molecule has 3 heteroatoms. The van der Waals surface area contributed by atoms with Gasteiger partial charge in [-0.2, -0.15) is 0 Å². The van der Waals surface area contributed by atoms with Gasteiger partial charge in [-0.25, -0.2) is 4.98 Å². The Morgan fingerprint density at radius 2 is 2.07 bits per heavy atom. The molecule has 0 aliphatic carbocycles. The normalized spacial score (nSPS) is 10.1. The summed E-state index contributed by atoms with van der Waals surface area (Å²) in [6.45, 7) is 2.67. The molecule has 2 rings (SSSR count). The van der Waals surface area contributed by atoms with Crippen LogP contribution in [0, 0.1) is 0 Å². The van der Waals surface area contributed by atoms with Gasteiger partial charge in [0, 0.05) is 0 Å². The van der Waals surface area contributed by atoms with Crippen molar-refractivity contribution in [2.24, 2.45) is 0 Å². The molecule has 2 aromatic rings. The SMILES string of the molecule is CCOc1ccc(-c2cnc[nH]2)cc1. The third-order valence-electron chi connectivity index (χ3n) is 1.97. The summed E-state index contributed by atoms with van der Waals surface area (Å²) in [5.41, 5.74) is 2.14. The van der Waals surface area contributed by atoms with Gasteiger partial charge in [0.1, 0.15) is 5.75 Å².